The molecule has 0 bridgehead atoms. The number of benzene rings is 2. The Kier molecular flexibility index (Phi) is 20.9. The minimum absolute atomic E-state index is 0.0231. The zero-order chi connectivity index (χ0) is 50.1. The van der Waals surface area contributed by atoms with Crippen LogP contribution in [0.4, 0.5) is 0 Å². The van der Waals surface area contributed by atoms with Gasteiger partial charge in [-0.05, 0) is 87.5 Å². The molecule has 24 nitrogen and oxygen atoms in total. The zero-order valence-electron chi connectivity index (χ0n) is 37.5. The number of carboxylic acids is 1. The second-order valence-electron chi connectivity index (χ2n) is 16.8. The fraction of sp³-hybridized carbons (Fsp3) is 0.545. The van der Waals surface area contributed by atoms with E-state index in [0.717, 1.165) is 18.2 Å². The van der Waals surface area contributed by atoms with Crippen LogP contribution in [0.25, 0.3) is 0 Å². The molecule has 2 fully saturated rings. The summed E-state index contributed by atoms with van der Waals surface area (Å²) in [6, 6.07) is -0.441. The van der Waals surface area contributed by atoms with Crippen LogP contribution in [-0.4, -0.2) is 181 Å². The lowest BCUT2D eigenvalue weighted by Gasteiger charge is -2.31. The molecule has 2 heterocycles. The molecule has 0 aromatic heterocycles. The lowest BCUT2D eigenvalue weighted by atomic mass is 10.0. The summed E-state index contributed by atoms with van der Waals surface area (Å²) in [5.41, 5.74) is 6.37. The van der Waals surface area contributed by atoms with Crippen LogP contribution in [-0.2, 0) is 51.2 Å². The van der Waals surface area contributed by atoms with Crippen LogP contribution < -0.4 is 43.0 Å². The van der Waals surface area contributed by atoms with Gasteiger partial charge in [-0.15, -0.1) is 0 Å². The highest BCUT2D eigenvalue weighted by Gasteiger charge is 2.44. The number of nitrogens with one attached hydrogen (secondary N) is 7. The number of aliphatic hydroxyl groups excluding tert-OH is 4. The van der Waals surface area contributed by atoms with Gasteiger partial charge in [0.25, 0.3) is 0 Å². The molecular weight excluding hydrogens is 895 g/mol. The van der Waals surface area contributed by atoms with Crippen molar-refractivity contribution in [3.8, 4) is 11.5 Å². The number of carbonyl (C=O) groups excluding carboxylic acids is 7. The molecule has 2 aliphatic heterocycles. The first kappa shape index (κ1) is 54.2. The molecule has 374 valence electrons. The highest BCUT2D eigenvalue weighted by Crippen LogP contribution is 2.21. The number of hydrogen-bond donors (Lipinski definition) is 15. The maximum atomic E-state index is 14.0. The Bertz CT molecular complexity index is 2050. The number of carboxylic acid groups (broad SMARTS) is 1. The number of phenolic OH excluding ortho intramolecular Hbond substituents is 2. The van der Waals surface area contributed by atoms with Crippen molar-refractivity contribution in [3.63, 3.8) is 0 Å². The number of aliphatic hydroxyl groups is 4. The van der Waals surface area contributed by atoms with Crippen molar-refractivity contribution in [1.29, 1.82) is 0 Å². The van der Waals surface area contributed by atoms with Crippen LogP contribution in [0, 0.1) is 0 Å². The van der Waals surface area contributed by atoms with Crippen molar-refractivity contribution >= 4 is 47.3 Å². The van der Waals surface area contributed by atoms with Crippen molar-refractivity contribution in [2.24, 2.45) is 5.73 Å². The lowest BCUT2D eigenvalue weighted by Crippen LogP contribution is -2.62. The van der Waals surface area contributed by atoms with E-state index < -0.39 is 134 Å². The highest BCUT2D eigenvalue weighted by molar-refractivity contribution is 5.98. The van der Waals surface area contributed by atoms with E-state index in [1.54, 1.807) is 0 Å². The van der Waals surface area contributed by atoms with Gasteiger partial charge in [-0.25, -0.2) is 4.79 Å². The molecule has 2 aromatic rings. The second-order valence-corrected chi connectivity index (χ2v) is 16.8. The number of β-amino-alcohol motifs (C(OH)–C–C–N with tert-alkyl or cyclic N) is 1. The van der Waals surface area contributed by atoms with Gasteiger partial charge in [-0.2, -0.15) is 0 Å². The van der Waals surface area contributed by atoms with Gasteiger partial charge in [0.1, 0.15) is 53.8 Å². The summed E-state index contributed by atoms with van der Waals surface area (Å²) < 4.78 is 0. The molecule has 0 radical (unpaired) electrons. The lowest BCUT2D eigenvalue weighted by molar-refractivity contribution is -0.144. The Morgan fingerprint density at radius 3 is 1.71 bits per heavy atom. The molecule has 0 saturated carbocycles. The zero-order valence-corrected chi connectivity index (χ0v) is 37.5. The summed E-state index contributed by atoms with van der Waals surface area (Å²) in [5, 5.41) is 88.5. The van der Waals surface area contributed by atoms with Gasteiger partial charge in [-0.3, -0.25) is 33.6 Å². The number of nitrogens with two attached hydrogens (primary N) is 1. The molecule has 0 aliphatic carbocycles. The smallest absolute Gasteiger partial charge is 0.326 e. The number of carbonyl (C=O) groups is 8. The molecule has 2 saturated heterocycles. The Labute approximate surface area is 391 Å². The van der Waals surface area contributed by atoms with Crippen molar-refractivity contribution in [2.75, 3.05) is 32.8 Å². The number of amides is 7. The van der Waals surface area contributed by atoms with Gasteiger partial charge in [-0.1, -0.05) is 24.3 Å². The summed E-state index contributed by atoms with van der Waals surface area (Å²) >= 11 is 0. The van der Waals surface area contributed by atoms with Gasteiger partial charge >= 0.3 is 5.97 Å². The van der Waals surface area contributed by atoms with Crippen LogP contribution in [0.15, 0.2) is 48.5 Å². The van der Waals surface area contributed by atoms with E-state index in [9.17, 15) is 74.1 Å². The summed E-state index contributed by atoms with van der Waals surface area (Å²) in [4.78, 5) is 108. The van der Waals surface area contributed by atoms with E-state index in [2.05, 4.69) is 37.2 Å². The molecule has 24 heteroatoms. The molecule has 16 N–H and O–H groups in total. The topological polar surface area (TPSA) is 392 Å². The van der Waals surface area contributed by atoms with E-state index >= 15 is 0 Å². The molecule has 0 spiro atoms. The molecule has 0 unspecified atom stereocenters. The molecule has 68 heavy (non-hydrogen) atoms. The number of aromatic hydroxyl groups is 2. The molecular formula is C44H63N9O15. The summed E-state index contributed by atoms with van der Waals surface area (Å²) in [6.45, 7) is -0.354. The fourth-order valence-corrected chi connectivity index (χ4v) is 7.70. The van der Waals surface area contributed by atoms with Gasteiger partial charge < -0.3 is 83.6 Å². The standard InChI is InChI=1S/C44H63N9O15/c1-23(56)36(42(65)49-32(18-25-9-13-27(58)14-10-25)38(61)47-30(44(67)68)5-2-3-15-45)52-41(64)35-19-28(59)20-53(35)43(66)34(22-55)51-39(62)31(17-24-7-11-26(57)12-8-24)48-40(63)33(21-54)50-37(60)29-6-4-16-46-29/h7-14,23,28-36,46,54-59H,2-6,15-22,45H2,1H3,(H,47,61)(H,48,63)(H,49,65)(H,50,60)(H,51,62)(H,52,64)(H,67,68)/t23-,28-,29+,30+,31+,32+,33+,34+,35+,36+/m1/s1. The van der Waals surface area contributed by atoms with Crippen molar-refractivity contribution in [2.45, 2.75) is 119 Å². The van der Waals surface area contributed by atoms with Crippen LogP contribution in [0.1, 0.15) is 56.6 Å². The van der Waals surface area contributed by atoms with E-state index in [0.29, 0.717) is 36.9 Å². The minimum atomic E-state index is -1.80. The molecule has 4 rings (SSSR count). The van der Waals surface area contributed by atoms with Crippen molar-refractivity contribution in [3.05, 3.63) is 59.7 Å². The largest absolute Gasteiger partial charge is 0.508 e. The van der Waals surface area contributed by atoms with Gasteiger partial charge in [0.2, 0.25) is 41.4 Å². The maximum Gasteiger partial charge on any atom is 0.326 e. The SMILES string of the molecule is C[C@@H](O)[C@H](NC(=O)[C@@H]1C[C@@H](O)CN1C(=O)[C@H](CO)NC(=O)[C@H](Cc1ccc(O)cc1)NC(=O)[C@H](CO)NC(=O)[C@@H]1CCCN1)C(=O)N[C@@H](Cc1ccc(O)cc1)C(=O)N[C@@H](CCCCN)C(=O)O. The van der Waals surface area contributed by atoms with Crippen LogP contribution in [0.2, 0.25) is 0 Å². The first-order chi connectivity index (χ1) is 32.3. The predicted octanol–water partition coefficient (Wildman–Crippen LogP) is -4.92. The number of nitrogens with zero attached hydrogens (tertiary/aromatic N) is 1. The predicted molar refractivity (Wildman–Crippen MR) is 239 cm³/mol. The maximum absolute atomic E-state index is 14.0. The van der Waals surface area contributed by atoms with E-state index in [-0.39, 0.29) is 37.3 Å². The van der Waals surface area contributed by atoms with Crippen molar-refractivity contribution < 1.29 is 74.1 Å². The van der Waals surface area contributed by atoms with Gasteiger partial charge in [0, 0.05) is 25.8 Å². The average molecular weight is 958 g/mol. The summed E-state index contributed by atoms with van der Waals surface area (Å²) in [7, 11) is 0. The Hall–Kier alpha value is -6.44. The van der Waals surface area contributed by atoms with E-state index in [4.69, 9.17) is 5.73 Å². The van der Waals surface area contributed by atoms with E-state index in [1.807, 2.05) is 0 Å². The quantitative estimate of drug-likeness (QED) is 0.0415. The third-order valence-corrected chi connectivity index (χ3v) is 11.5. The second kappa shape index (κ2) is 26.2. The molecule has 2 aliphatic rings. The number of likely N-dealkylation sites (tertiary alicyclic amines) is 1. The minimum Gasteiger partial charge on any atom is -0.508 e. The molecule has 10 atom stereocenters. The van der Waals surface area contributed by atoms with Crippen molar-refractivity contribution in [1.82, 2.24) is 42.1 Å². The van der Waals surface area contributed by atoms with Crippen LogP contribution in [0.3, 0.4) is 0 Å². The number of phenols is 2. The van der Waals surface area contributed by atoms with Crippen LogP contribution >= 0.6 is 0 Å². The monoisotopic (exact) mass is 957 g/mol. The fourth-order valence-electron chi connectivity index (χ4n) is 7.70. The molecule has 7 amide bonds. The highest BCUT2D eigenvalue weighted by atomic mass is 16.4. The normalized spacial score (nSPS) is 19.8. The summed E-state index contributed by atoms with van der Waals surface area (Å²) in [6.07, 6.45) is -1.74. The average Bonchev–Trinajstić information content (AvgIpc) is 4.00. The van der Waals surface area contributed by atoms with E-state index in [1.165, 1.54) is 48.5 Å². The number of rotatable bonds is 25. The van der Waals surface area contributed by atoms with Crippen LogP contribution in [0.5, 0.6) is 11.5 Å². The third kappa shape index (κ3) is 15.8. The molecule has 2 aromatic carbocycles. The van der Waals surface area contributed by atoms with Gasteiger partial charge in [0.05, 0.1) is 31.5 Å². The van der Waals surface area contributed by atoms with Gasteiger partial charge in [0.15, 0.2) is 0 Å². The first-order valence-corrected chi connectivity index (χ1v) is 22.3. The Morgan fingerprint density at radius 2 is 1.22 bits per heavy atom. The summed E-state index contributed by atoms with van der Waals surface area (Å²) in [5.74, 6) is -8.22. The Morgan fingerprint density at radius 1 is 0.706 bits per heavy atom. The third-order valence-electron chi connectivity index (χ3n) is 11.5. The number of hydrogen-bond acceptors (Lipinski definition) is 16. The first-order valence-electron chi connectivity index (χ1n) is 22.3. The number of unbranched alkanes of at least 4 members (excludes halogenated alkanes) is 1. The Balaban J connectivity index is 1.50. The number of aliphatic carboxylic acids is 1.